The summed E-state index contributed by atoms with van der Waals surface area (Å²) in [7, 11) is 1.55. The van der Waals surface area contributed by atoms with Gasteiger partial charge in [0.25, 0.3) is 0 Å². The summed E-state index contributed by atoms with van der Waals surface area (Å²) >= 11 is 0. The highest BCUT2D eigenvalue weighted by molar-refractivity contribution is 5.78. The summed E-state index contributed by atoms with van der Waals surface area (Å²) in [6.45, 7) is 2.76. The Balaban J connectivity index is 2.40. The SMILES string of the molecule is COCCNC(=O)CNC(C)c1ccc(F)c(F)c1. The van der Waals surface area contributed by atoms with E-state index in [0.29, 0.717) is 18.7 Å². The first-order valence-electron chi connectivity index (χ1n) is 5.98. The highest BCUT2D eigenvalue weighted by Gasteiger charge is 2.10. The molecule has 1 amide bonds. The second-order valence-corrected chi connectivity index (χ2v) is 4.12. The molecule has 1 atom stereocenters. The quantitative estimate of drug-likeness (QED) is 0.737. The Hall–Kier alpha value is -1.53. The van der Waals surface area contributed by atoms with Crippen LogP contribution in [0.2, 0.25) is 0 Å². The van der Waals surface area contributed by atoms with Gasteiger partial charge in [0.05, 0.1) is 13.2 Å². The van der Waals surface area contributed by atoms with Gasteiger partial charge in [0.2, 0.25) is 5.91 Å². The fourth-order valence-corrected chi connectivity index (χ4v) is 1.50. The molecule has 1 aromatic rings. The second-order valence-electron chi connectivity index (χ2n) is 4.12. The largest absolute Gasteiger partial charge is 0.383 e. The molecular formula is C13H18F2N2O2. The molecule has 0 aliphatic carbocycles. The van der Waals surface area contributed by atoms with E-state index in [1.165, 1.54) is 6.07 Å². The molecule has 4 nitrogen and oxygen atoms in total. The average Bonchev–Trinajstić information content (AvgIpc) is 2.39. The van der Waals surface area contributed by atoms with Crippen LogP contribution in [0.5, 0.6) is 0 Å². The summed E-state index contributed by atoms with van der Waals surface area (Å²) in [5, 5.41) is 5.58. The zero-order chi connectivity index (χ0) is 14.3. The molecular weight excluding hydrogens is 254 g/mol. The molecule has 1 rings (SSSR count). The Morgan fingerprint density at radius 1 is 1.37 bits per heavy atom. The Labute approximate surface area is 111 Å². The third kappa shape index (κ3) is 5.32. The van der Waals surface area contributed by atoms with Crippen molar-refractivity contribution in [2.45, 2.75) is 13.0 Å². The minimum Gasteiger partial charge on any atom is -0.383 e. The number of halogens is 2. The van der Waals surface area contributed by atoms with Crippen molar-refractivity contribution in [1.82, 2.24) is 10.6 Å². The van der Waals surface area contributed by atoms with Gasteiger partial charge in [0.15, 0.2) is 11.6 Å². The molecule has 0 spiro atoms. The summed E-state index contributed by atoms with van der Waals surface area (Å²) in [4.78, 5) is 11.4. The molecule has 0 aliphatic heterocycles. The van der Waals surface area contributed by atoms with Crippen molar-refractivity contribution in [3.05, 3.63) is 35.4 Å². The first-order valence-corrected chi connectivity index (χ1v) is 5.98. The van der Waals surface area contributed by atoms with E-state index in [-0.39, 0.29) is 18.5 Å². The van der Waals surface area contributed by atoms with Crippen molar-refractivity contribution in [1.29, 1.82) is 0 Å². The highest BCUT2D eigenvalue weighted by atomic mass is 19.2. The molecule has 0 saturated heterocycles. The molecule has 2 N–H and O–H groups in total. The molecule has 0 aliphatic rings. The molecule has 0 heterocycles. The van der Waals surface area contributed by atoms with Crippen LogP contribution in [0.4, 0.5) is 8.78 Å². The van der Waals surface area contributed by atoms with Gasteiger partial charge in [-0.25, -0.2) is 8.78 Å². The van der Waals surface area contributed by atoms with E-state index in [2.05, 4.69) is 10.6 Å². The molecule has 106 valence electrons. The van der Waals surface area contributed by atoms with Gasteiger partial charge >= 0.3 is 0 Å². The number of rotatable bonds is 7. The normalized spacial score (nSPS) is 12.2. The summed E-state index contributed by atoms with van der Waals surface area (Å²) < 4.78 is 30.6. The fraction of sp³-hybridized carbons (Fsp3) is 0.462. The summed E-state index contributed by atoms with van der Waals surface area (Å²) in [5.41, 5.74) is 0.587. The fourth-order valence-electron chi connectivity index (χ4n) is 1.50. The van der Waals surface area contributed by atoms with Crippen molar-refractivity contribution in [2.75, 3.05) is 26.8 Å². The molecule has 1 unspecified atom stereocenters. The monoisotopic (exact) mass is 272 g/mol. The standard InChI is InChI=1S/C13H18F2N2O2/c1-9(10-3-4-11(14)12(15)7-10)17-8-13(18)16-5-6-19-2/h3-4,7,9,17H,5-6,8H2,1-2H3,(H,16,18). The molecule has 0 bridgehead atoms. The minimum absolute atomic E-state index is 0.101. The zero-order valence-electron chi connectivity index (χ0n) is 11.0. The maximum atomic E-state index is 13.0. The molecule has 1 aromatic carbocycles. The van der Waals surface area contributed by atoms with Gasteiger partial charge in [-0.05, 0) is 24.6 Å². The topological polar surface area (TPSA) is 50.4 Å². The Kier molecular flexibility index (Phi) is 6.38. The maximum absolute atomic E-state index is 13.0. The summed E-state index contributed by atoms with van der Waals surface area (Å²) in [5.74, 6) is -1.95. The van der Waals surface area contributed by atoms with Gasteiger partial charge in [0, 0.05) is 19.7 Å². The molecule has 0 aromatic heterocycles. The number of ether oxygens (including phenoxy) is 1. The van der Waals surface area contributed by atoms with Crippen molar-refractivity contribution >= 4 is 5.91 Å². The number of hydrogen-bond acceptors (Lipinski definition) is 3. The first-order chi connectivity index (χ1) is 9.04. The van der Waals surface area contributed by atoms with Crippen LogP contribution in [0.3, 0.4) is 0 Å². The lowest BCUT2D eigenvalue weighted by Crippen LogP contribution is -2.36. The van der Waals surface area contributed by atoms with E-state index in [1.807, 2.05) is 0 Å². The Morgan fingerprint density at radius 2 is 2.11 bits per heavy atom. The number of amides is 1. The van der Waals surface area contributed by atoms with Crippen LogP contribution in [0.15, 0.2) is 18.2 Å². The van der Waals surface area contributed by atoms with E-state index < -0.39 is 11.6 Å². The van der Waals surface area contributed by atoms with E-state index in [4.69, 9.17) is 4.74 Å². The predicted octanol–water partition coefficient (Wildman–Crippen LogP) is 1.38. The summed E-state index contributed by atoms with van der Waals surface area (Å²) in [6, 6.07) is 3.43. The molecule has 0 saturated carbocycles. The van der Waals surface area contributed by atoms with Crippen LogP contribution in [0.25, 0.3) is 0 Å². The number of nitrogens with one attached hydrogen (secondary N) is 2. The van der Waals surface area contributed by atoms with Crippen molar-refractivity contribution in [3.63, 3.8) is 0 Å². The molecule has 19 heavy (non-hydrogen) atoms. The van der Waals surface area contributed by atoms with E-state index in [1.54, 1.807) is 14.0 Å². The maximum Gasteiger partial charge on any atom is 0.234 e. The smallest absolute Gasteiger partial charge is 0.234 e. The third-order valence-electron chi connectivity index (χ3n) is 2.64. The molecule has 0 radical (unpaired) electrons. The van der Waals surface area contributed by atoms with Crippen molar-refractivity contribution in [3.8, 4) is 0 Å². The zero-order valence-corrected chi connectivity index (χ0v) is 11.0. The van der Waals surface area contributed by atoms with Crippen LogP contribution in [-0.2, 0) is 9.53 Å². The minimum atomic E-state index is -0.893. The van der Waals surface area contributed by atoms with Crippen LogP contribution in [-0.4, -0.2) is 32.7 Å². The Bertz CT molecular complexity index is 427. The highest BCUT2D eigenvalue weighted by Crippen LogP contribution is 2.15. The summed E-state index contributed by atoms with van der Waals surface area (Å²) in [6.07, 6.45) is 0. The van der Waals surface area contributed by atoms with E-state index >= 15 is 0 Å². The van der Waals surface area contributed by atoms with Crippen LogP contribution < -0.4 is 10.6 Å². The lowest BCUT2D eigenvalue weighted by atomic mass is 10.1. The van der Waals surface area contributed by atoms with Gasteiger partial charge in [-0.1, -0.05) is 6.07 Å². The van der Waals surface area contributed by atoms with Crippen LogP contribution in [0.1, 0.15) is 18.5 Å². The van der Waals surface area contributed by atoms with Gasteiger partial charge < -0.3 is 15.4 Å². The number of hydrogen-bond donors (Lipinski definition) is 2. The number of benzene rings is 1. The number of carbonyl (C=O) groups excluding carboxylic acids is 1. The lowest BCUT2D eigenvalue weighted by molar-refractivity contribution is -0.120. The van der Waals surface area contributed by atoms with Crippen LogP contribution >= 0.6 is 0 Å². The predicted molar refractivity (Wildman–Crippen MR) is 67.7 cm³/mol. The average molecular weight is 272 g/mol. The van der Waals surface area contributed by atoms with E-state index in [0.717, 1.165) is 12.1 Å². The van der Waals surface area contributed by atoms with Gasteiger partial charge in [-0.2, -0.15) is 0 Å². The third-order valence-corrected chi connectivity index (χ3v) is 2.64. The van der Waals surface area contributed by atoms with Crippen molar-refractivity contribution < 1.29 is 18.3 Å². The Morgan fingerprint density at radius 3 is 2.74 bits per heavy atom. The molecule has 6 heteroatoms. The number of methoxy groups -OCH3 is 1. The van der Waals surface area contributed by atoms with Gasteiger partial charge in [-0.3, -0.25) is 4.79 Å². The van der Waals surface area contributed by atoms with Crippen molar-refractivity contribution in [2.24, 2.45) is 0 Å². The van der Waals surface area contributed by atoms with Crippen LogP contribution in [0, 0.1) is 11.6 Å². The first kappa shape index (κ1) is 15.5. The lowest BCUT2D eigenvalue weighted by Gasteiger charge is -2.14. The molecule has 0 fully saturated rings. The van der Waals surface area contributed by atoms with Gasteiger partial charge in [0.1, 0.15) is 0 Å². The second kappa shape index (κ2) is 7.81. The van der Waals surface area contributed by atoms with E-state index in [9.17, 15) is 13.6 Å². The van der Waals surface area contributed by atoms with Gasteiger partial charge in [-0.15, -0.1) is 0 Å². The number of carbonyl (C=O) groups is 1.